The van der Waals surface area contributed by atoms with Crippen molar-refractivity contribution in [2.45, 2.75) is 57.4 Å². The van der Waals surface area contributed by atoms with E-state index in [0.717, 1.165) is 17.2 Å². The molecule has 0 heterocycles. The van der Waals surface area contributed by atoms with Crippen LogP contribution in [0.1, 0.15) is 51.4 Å². The molecule has 21 heavy (non-hydrogen) atoms. The third-order valence-electron chi connectivity index (χ3n) is 5.46. The van der Waals surface area contributed by atoms with Crippen LogP contribution in [-0.2, 0) is 0 Å². The quantitative estimate of drug-likeness (QED) is 0.877. The lowest BCUT2D eigenvalue weighted by Crippen LogP contribution is -2.31. The van der Waals surface area contributed by atoms with Gasteiger partial charge in [-0.15, -0.1) is 0 Å². The van der Waals surface area contributed by atoms with Gasteiger partial charge in [0.25, 0.3) is 0 Å². The van der Waals surface area contributed by atoms with E-state index in [4.69, 9.17) is 9.47 Å². The maximum atomic E-state index is 5.38. The predicted octanol–water partition coefficient (Wildman–Crippen LogP) is 4.62. The molecule has 0 amide bonds. The normalized spacial score (nSPS) is 21.4. The van der Waals surface area contributed by atoms with Crippen LogP contribution in [-0.4, -0.2) is 20.3 Å². The van der Waals surface area contributed by atoms with Gasteiger partial charge in [-0.25, -0.2) is 0 Å². The van der Waals surface area contributed by atoms with Gasteiger partial charge in [-0.1, -0.05) is 12.8 Å². The fourth-order valence-corrected chi connectivity index (χ4v) is 4.16. The smallest absolute Gasteiger partial charge is 0.162 e. The fraction of sp³-hybridized carbons (Fsp3) is 0.667. The van der Waals surface area contributed by atoms with Crippen molar-refractivity contribution in [2.75, 3.05) is 19.5 Å². The number of benzene rings is 1. The van der Waals surface area contributed by atoms with E-state index >= 15 is 0 Å². The molecule has 3 nitrogen and oxygen atoms in total. The van der Waals surface area contributed by atoms with Crippen LogP contribution in [0, 0.1) is 5.41 Å². The summed E-state index contributed by atoms with van der Waals surface area (Å²) in [6.45, 7) is 0. The van der Waals surface area contributed by atoms with Crippen LogP contribution < -0.4 is 14.8 Å². The Morgan fingerprint density at radius 2 is 1.62 bits per heavy atom. The zero-order valence-corrected chi connectivity index (χ0v) is 13.3. The second kappa shape index (κ2) is 6.17. The average molecular weight is 289 g/mol. The zero-order chi connectivity index (χ0) is 14.7. The molecule has 1 N–H and O–H groups in total. The predicted molar refractivity (Wildman–Crippen MR) is 86.3 cm³/mol. The fourth-order valence-electron chi connectivity index (χ4n) is 4.16. The first-order valence-electron chi connectivity index (χ1n) is 8.23. The van der Waals surface area contributed by atoms with Crippen molar-refractivity contribution in [2.24, 2.45) is 5.41 Å². The van der Waals surface area contributed by atoms with Crippen LogP contribution >= 0.6 is 0 Å². The SMILES string of the molecule is COc1ccc(NC2CCC3(CCCC3)CC2)cc1OC. The van der Waals surface area contributed by atoms with E-state index in [9.17, 15) is 0 Å². The molecule has 0 aliphatic heterocycles. The molecule has 0 saturated heterocycles. The van der Waals surface area contributed by atoms with Crippen molar-refractivity contribution in [3.05, 3.63) is 18.2 Å². The molecule has 0 atom stereocenters. The Hall–Kier alpha value is -1.38. The van der Waals surface area contributed by atoms with Crippen molar-refractivity contribution >= 4 is 5.69 Å². The average Bonchev–Trinajstić information content (AvgIpc) is 2.98. The number of hydrogen-bond donors (Lipinski definition) is 1. The summed E-state index contributed by atoms with van der Waals surface area (Å²) in [6, 6.07) is 6.71. The highest BCUT2D eigenvalue weighted by Gasteiger charge is 2.37. The Labute approximate surface area is 128 Å². The van der Waals surface area contributed by atoms with Crippen LogP contribution in [0.15, 0.2) is 18.2 Å². The van der Waals surface area contributed by atoms with Crippen LogP contribution in [0.25, 0.3) is 0 Å². The molecule has 0 bridgehead atoms. The molecule has 116 valence electrons. The van der Waals surface area contributed by atoms with Crippen LogP contribution in [0.3, 0.4) is 0 Å². The van der Waals surface area contributed by atoms with E-state index in [-0.39, 0.29) is 0 Å². The van der Waals surface area contributed by atoms with Crippen molar-refractivity contribution in [1.82, 2.24) is 0 Å². The maximum absolute atomic E-state index is 5.38. The van der Waals surface area contributed by atoms with Crippen LogP contribution in [0.4, 0.5) is 5.69 Å². The standard InChI is InChI=1S/C18H27NO2/c1-20-16-6-5-15(13-17(16)21-2)19-14-7-11-18(12-8-14)9-3-4-10-18/h5-6,13-14,19H,3-4,7-12H2,1-2H3. The number of ether oxygens (including phenoxy) is 2. The Morgan fingerprint density at radius 3 is 2.24 bits per heavy atom. The summed E-state index contributed by atoms with van der Waals surface area (Å²) in [5, 5.41) is 3.68. The van der Waals surface area contributed by atoms with Crippen LogP contribution in [0.5, 0.6) is 11.5 Å². The van der Waals surface area contributed by atoms with E-state index in [1.807, 2.05) is 12.1 Å². The van der Waals surface area contributed by atoms with Gasteiger partial charge in [-0.3, -0.25) is 0 Å². The lowest BCUT2D eigenvalue weighted by Gasteiger charge is -2.38. The Morgan fingerprint density at radius 1 is 0.952 bits per heavy atom. The molecule has 1 aromatic carbocycles. The third-order valence-corrected chi connectivity index (χ3v) is 5.46. The summed E-state index contributed by atoms with van der Waals surface area (Å²) < 4.78 is 10.7. The topological polar surface area (TPSA) is 30.5 Å². The summed E-state index contributed by atoms with van der Waals surface area (Å²) in [5.74, 6) is 1.59. The van der Waals surface area contributed by atoms with Gasteiger partial charge in [0.1, 0.15) is 0 Å². The first kappa shape index (κ1) is 14.6. The zero-order valence-electron chi connectivity index (χ0n) is 13.3. The Balaban J connectivity index is 1.60. The van der Waals surface area contributed by atoms with Crippen molar-refractivity contribution in [3.8, 4) is 11.5 Å². The molecule has 0 unspecified atom stereocenters. The van der Waals surface area contributed by atoms with Gasteiger partial charge in [0, 0.05) is 17.8 Å². The third kappa shape index (κ3) is 3.12. The van der Waals surface area contributed by atoms with Gasteiger partial charge >= 0.3 is 0 Å². The Bertz CT molecular complexity index is 470. The first-order chi connectivity index (χ1) is 10.2. The maximum Gasteiger partial charge on any atom is 0.162 e. The van der Waals surface area contributed by atoms with Gasteiger partial charge in [-0.05, 0) is 56.1 Å². The molecule has 1 aromatic rings. The summed E-state index contributed by atoms with van der Waals surface area (Å²) in [7, 11) is 3.36. The van der Waals surface area contributed by atoms with Crippen LogP contribution in [0.2, 0.25) is 0 Å². The summed E-state index contributed by atoms with van der Waals surface area (Å²) in [5.41, 5.74) is 1.84. The largest absolute Gasteiger partial charge is 0.493 e. The molecular formula is C18H27NO2. The summed E-state index contributed by atoms with van der Waals surface area (Å²) in [6.07, 6.45) is 11.2. The van der Waals surface area contributed by atoms with Crippen molar-refractivity contribution in [3.63, 3.8) is 0 Å². The first-order valence-corrected chi connectivity index (χ1v) is 8.23. The second-order valence-corrected chi connectivity index (χ2v) is 6.70. The highest BCUT2D eigenvalue weighted by atomic mass is 16.5. The second-order valence-electron chi connectivity index (χ2n) is 6.70. The van der Waals surface area contributed by atoms with Crippen molar-refractivity contribution in [1.29, 1.82) is 0 Å². The molecule has 0 aromatic heterocycles. The molecule has 3 heteroatoms. The molecule has 0 radical (unpaired) electrons. The number of nitrogens with one attached hydrogen (secondary N) is 1. The lowest BCUT2D eigenvalue weighted by molar-refractivity contribution is 0.188. The van der Waals surface area contributed by atoms with E-state index in [1.54, 1.807) is 14.2 Å². The molecule has 2 saturated carbocycles. The molecule has 3 rings (SSSR count). The lowest BCUT2D eigenvalue weighted by atomic mass is 9.71. The minimum Gasteiger partial charge on any atom is -0.493 e. The molecule has 1 spiro atoms. The van der Waals surface area contributed by atoms with Gasteiger partial charge < -0.3 is 14.8 Å². The number of rotatable bonds is 4. The molecular weight excluding hydrogens is 262 g/mol. The number of anilines is 1. The minimum atomic E-state index is 0.606. The molecule has 2 aliphatic rings. The monoisotopic (exact) mass is 289 g/mol. The van der Waals surface area contributed by atoms with E-state index in [1.165, 1.54) is 51.4 Å². The van der Waals surface area contributed by atoms with E-state index in [0.29, 0.717) is 11.5 Å². The van der Waals surface area contributed by atoms with E-state index < -0.39 is 0 Å². The van der Waals surface area contributed by atoms with Gasteiger partial charge in [0.2, 0.25) is 0 Å². The van der Waals surface area contributed by atoms with Gasteiger partial charge in [0.05, 0.1) is 14.2 Å². The van der Waals surface area contributed by atoms with Gasteiger partial charge in [-0.2, -0.15) is 0 Å². The minimum absolute atomic E-state index is 0.606. The Kier molecular flexibility index (Phi) is 4.27. The molecule has 2 aliphatic carbocycles. The highest BCUT2D eigenvalue weighted by Crippen LogP contribution is 2.49. The number of methoxy groups -OCH3 is 2. The van der Waals surface area contributed by atoms with Gasteiger partial charge in [0.15, 0.2) is 11.5 Å². The highest BCUT2D eigenvalue weighted by molar-refractivity contribution is 5.55. The summed E-state index contributed by atoms with van der Waals surface area (Å²) >= 11 is 0. The van der Waals surface area contributed by atoms with Crippen molar-refractivity contribution < 1.29 is 9.47 Å². The van der Waals surface area contributed by atoms with E-state index in [2.05, 4.69) is 11.4 Å². The number of hydrogen-bond acceptors (Lipinski definition) is 3. The summed E-state index contributed by atoms with van der Waals surface area (Å²) in [4.78, 5) is 0. The molecule has 2 fully saturated rings.